The van der Waals surface area contributed by atoms with Crippen molar-refractivity contribution in [3.05, 3.63) is 54.6 Å². The van der Waals surface area contributed by atoms with Crippen molar-refractivity contribution in [1.82, 2.24) is 19.3 Å². The van der Waals surface area contributed by atoms with Crippen LogP contribution in [0.2, 0.25) is 0 Å². The lowest BCUT2D eigenvalue weighted by molar-refractivity contribution is -0.130. The van der Waals surface area contributed by atoms with Gasteiger partial charge in [-0.3, -0.25) is 9.20 Å². The monoisotopic (exact) mass is 419 g/mol. The number of rotatable bonds is 4. The molecule has 8 heteroatoms. The van der Waals surface area contributed by atoms with Gasteiger partial charge < -0.3 is 15.4 Å². The number of hydrogen-bond acceptors (Lipinski definition) is 6. The molecule has 0 atom stereocenters. The number of amides is 1. The first kappa shape index (κ1) is 18.6. The second-order valence-electron chi connectivity index (χ2n) is 7.49. The van der Waals surface area contributed by atoms with Crippen LogP contribution in [-0.4, -0.2) is 45.4 Å². The zero-order chi connectivity index (χ0) is 21.0. The molecule has 0 aliphatic carbocycles. The molecule has 7 nitrogen and oxygen atoms in total. The fraction of sp³-hybridized carbons (Fsp3) is 0.227. The lowest BCUT2D eigenvalue weighted by Crippen LogP contribution is -2.48. The number of methoxy groups -OCH3 is 1. The van der Waals surface area contributed by atoms with Crippen LogP contribution in [0.15, 0.2) is 43.2 Å². The summed E-state index contributed by atoms with van der Waals surface area (Å²) in [5.41, 5.74) is 9.01. The molecule has 3 aromatic heterocycles. The summed E-state index contributed by atoms with van der Waals surface area (Å²) >= 11 is 1.63. The third kappa shape index (κ3) is 2.75. The fourth-order valence-corrected chi connectivity index (χ4v) is 5.15. The highest BCUT2D eigenvalue weighted by Crippen LogP contribution is 2.42. The van der Waals surface area contributed by atoms with Gasteiger partial charge in [0.1, 0.15) is 28.6 Å². The minimum Gasteiger partial charge on any atom is -0.495 e. The van der Waals surface area contributed by atoms with Gasteiger partial charge in [0, 0.05) is 25.5 Å². The van der Waals surface area contributed by atoms with Crippen molar-refractivity contribution in [3.63, 3.8) is 0 Å². The molecule has 0 radical (unpaired) electrons. The van der Waals surface area contributed by atoms with Crippen LogP contribution in [0.1, 0.15) is 17.3 Å². The van der Waals surface area contributed by atoms with Crippen molar-refractivity contribution in [2.75, 3.05) is 25.9 Å². The number of ether oxygens (including phenoxy) is 1. The number of carbonyl (C=O) groups excluding carboxylic acids is 1. The summed E-state index contributed by atoms with van der Waals surface area (Å²) in [4.78, 5) is 23.9. The third-order valence-corrected chi connectivity index (χ3v) is 6.70. The van der Waals surface area contributed by atoms with Gasteiger partial charge in [-0.2, -0.15) is 0 Å². The number of benzene rings is 1. The summed E-state index contributed by atoms with van der Waals surface area (Å²) in [5.74, 6) is 2.27. The van der Waals surface area contributed by atoms with E-state index < -0.39 is 0 Å². The van der Waals surface area contributed by atoms with E-state index in [4.69, 9.17) is 15.5 Å². The maximum Gasteiger partial charge on any atom is 0.246 e. The van der Waals surface area contributed by atoms with Crippen molar-refractivity contribution >= 4 is 38.7 Å². The SMILES string of the molecule is C=CC(=O)N1CC(c2nc(-c3cc4cc(C)cc(OC)c4s3)c3c(N)nccn23)C1. The zero-order valence-corrected chi connectivity index (χ0v) is 17.6. The van der Waals surface area contributed by atoms with Crippen LogP contribution in [0.5, 0.6) is 5.75 Å². The Kier molecular flexibility index (Phi) is 4.25. The number of nitrogens with zero attached hydrogens (tertiary/aromatic N) is 4. The normalized spacial score (nSPS) is 14.3. The molecule has 5 rings (SSSR count). The molecule has 152 valence electrons. The molecule has 0 unspecified atom stereocenters. The lowest BCUT2D eigenvalue weighted by atomic mass is 9.99. The third-order valence-electron chi connectivity index (χ3n) is 5.52. The summed E-state index contributed by atoms with van der Waals surface area (Å²) < 4.78 is 8.67. The van der Waals surface area contributed by atoms with E-state index in [0.717, 1.165) is 43.3 Å². The molecule has 1 fully saturated rings. The highest BCUT2D eigenvalue weighted by atomic mass is 32.1. The molecule has 4 aromatic rings. The smallest absolute Gasteiger partial charge is 0.246 e. The van der Waals surface area contributed by atoms with Crippen molar-refractivity contribution in [2.45, 2.75) is 12.8 Å². The number of carbonyl (C=O) groups is 1. The van der Waals surface area contributed by atoms with Crippen molar-refractivity contribution in [1.29, 1.82) is 0 Å². The highest BCUT2D eigenvalue weighted by molar-refractivity contribution is 7.22. The second-order valence-corrected chi connectivity index (χ2v) is 8.54. The van der Waals surface area contributed by atoms with Crippen molar-refractivity contribution in [2.24, 2.45) is 0 Å². The van der Waals surface area contributed by atoms with E-state index in [-0.39, 0.29) is 11.8 Å². The number of imidazole rings is 1. The molecule has 1 aliphatic heterocycles. The van der Waals surface area contributed by atoms with Crippen molar-refractivity contribution in [3.8, 4) is 16.3 Å². The first-order chi connectivity index (χ1) is 14.5. The van der Waals surface area contributed by atoms with E-state index in [1.807, 2.05) is 16.7 Å². The van der Waals surface area contributed by atoms with Gasteiger partial charge in [-0.05, 0) is 36.1 Å². The molecule has 1 aliphatic rings. The topological polar surface area (TPSA) is 85.8 Å². The van der Waals surface area contributed by atoms with Gasteiger partial charge in [0.05, 0.1) is 22.6 Å². The highest BCUT2D eigenvalue weighted by Gasteiger charge is 2.34. The van der Waals surface area contributed by atoms with Crippen LogP contribution < -0.4 is 10.5 Å². The van der Waals surface area contributed by atoms with Gasteiger partial charge in [-0.15, -0.1) is 11.3 Å². The predicted molar refractivity (Wildman–Crippen MR) is 119 cm³/mol. The van der Waals surface area contributed by atoms with E-state index in [0.29, 0.717) is 18.9 Å². The summed E-state index contributed by atoms with van der Waals surface area (Å²) in [5, 5.41) is 1.11. The quantitative estimate of drug-likeness (QED) is 0.511. The minimum absolute atomic E-state index is 0.0551. The number of fused-ring (bicyclic) bond motifs is 2. The number of likely N-dealkylation sites (tertiary alicyclic amines) is 1. The number of thiophene rings is 1. The lowest BCUT2D eigenvalue weighted by Gasteiger charge is -2.37. The van der Waals surface area contributed by atoms with E-state index in [1.54, 1.807) is 29.5 Å². The Bertz CT molecular complexity index is 1320. The maximum atomic E-state index is 11.8. The zero-order valence-electron chi connectivity index (χ0n) is 16.8. The molecular weight excluding hydrogens is 398 g/mol. The van der Waals surface area contributed by atoms with Crippen LogP contribution in [0.25, 0.3) is 26.2 Å². The molecule has 1 saturated heterocycles. The van der Waals surface area contributed by atoms with Gasteiger partial charge in [0.2, 0.25) is 5.91 Å². The largest absolute Gasteiger partial charge is 0.495 e. The van der Waals surface area contributed by atoms with Gasteiger partial charge in [-0.25, -0.2) is 9.97 Å². The average molecular weight is 420 g/mol. The molecule has 0 saturated carbocycles. The van der Waals surface area contributed by atoms with E-state index in [2.05, 4.69) is 30.6 Å². The Labute approximate surface area is 177 Å². The Morgan fingerprint density at radius 1 is 1.37 bits per heavy atom. The summed E-state index contributed by atoms with van der Waals surface area (Å²) in [6.07, 6.45) is 4.91. The van der Waals surface area contributed by atoms with E-state index in [1.165, 1.54) is 6.08 Å². The van der Waals surface area contributed by atoms with Gasteiger partial charge >= 0.3 is 0 Å². The molecular formula is C22H21N5O2S. The standard InChI is InChI=1S/C22H21N5O2S/c1-4-17(28)26-10-14(11-26)22-25-18(19-21(23)24-5-6-27(19)22)16-9-13-7-12(2)8-15(29-3)20(13)30-16/h4-9,14H,1,10-11H2,2-3H3,(H2,23,24). The molecule has 1 aromatic carbocycles. The number of nitrogen functional groups attached to an aromatic ring is 1. The second kappa shape index (κ2) is 6.84. The Morgan fingerprint density at radius 3 is 2.90 bits per heavy atom. The number of anilines is 1. The first-order valence-corrected chi connectivity index (χ1v) is 10.4. The van der Waals surface area contributed by atoms with Crippen molar-refractivity contribution < 1.29 is 9.53 Å². The molecule has 1 amide bonds. The van der Waals surface area contributed by atoms with Crippen LogP contribution in [0.3, 0.4) is 0 Å². The van der Waals surface area contributed by atoms with E-state index in [9.17, 15) is 4.79 Å². The van der Waals surface area contributed by atoms with Crippen LogP contribution >= 0.6 is 11.3 Å². The molecule has 2 N–H and O–H groups in total. The minimum atomic E-state index is -0.0551. The maximum absolute atomic E-state index is 11.8. The van der Waals surface area contributed by atoms with Crippen LogP contribution in [0.4, 0.5) is 5.82 Å². The predicted octanol–water partition coefficient (Wildman–Crippen LogP) is 3.62. The number of aromatic nitrogens is 3. The number of aryl methyl sites for hydroxylation is 1. The van der Waals surface area contributed by atoms with Crippen LogP contribution in [-0.2, 0) is 4.79 Å². The van der Waals surface area contributed by atoms with E-state index >= 15 is 0 Å². The molecule has 4 heterocycles. The molecule has 30 heavy (non-hydrogen) atoms. The van der Waals surface area contributed by atoms with Gasteiger partial charge in [0.25, 0.3) is 0 Å². The summed E-state index contributed by atoms with van der Waals surface area (Å²) in [7, 11) is 1.69. The average Bonchev–Trinajstić information content (AvgIpc) is 3.28. The summed E-state index contributed by atoms with van der Waals surface area (Å²) in [6, 6.07) is 6.31. The van der Waals surface area contributed by atoms with Gasteiger partial charge in [0.15, 0.2) is 0 Å². The number of hydrogen-bond donors (Lipinski definition) is 1. The first-order valence-electron chi connectivity index (χ1n) is 9.62. The molecule has 0 spiro atoms. The van der Waals surface area contributed by atoms with Crippen LogP contribution in [0, 0.1) is 6.92 Å². The Balaban J connectivity index is 1.65. The summed E-state index contributed by atoms with van der Waals surface area (Å²) in [6.45, 7) is 6.85. The Morgan fingerprint density at radius 2 is 2.17 bits per heavy atom. The molecule has 0 bridgehead atoms. The Hall–Kier alpha value is -3.39. The fourth-order valence-electron chi connectivity index (χ4n) is 4.03. The van der Waals surface area contributed by atoms with Gasteiger partial charge in [-0.1, -0.05) is 12.6 Å². The number of nitrogens with two attached hydrogens (primary N) is 1.